The molecule has 0 aliphatic heterocycles. The van der Waals surface area contributed by atoms with E-state index in [2.05, 4.69) is 10.2 Å². The van der Waals surface area contributed by atoms with E-state index in [4.69, 9.17) is 20.4 Å². The van der Waals surface area contributed by atoms with Gasteiger partial charge in [-0.3, -0.25) is 4.79 Å². The summed E-state index contributed by atoms with van der Waals surface area (Å²) in [7, 11) is 0. The highest BCUT2D eigenvalue weighted by Crippen LogP contribution is 2.25. The van der Waals surface area contributed by atoms with Crippen molar-refractivity contribution in [2.75, 3.05) is 6.54 Å². The van der Waals surface area contributed by atoms with Gasteiger partial charge in [0.2, 0.25) is 5.89 Å². The summed E-state index contributed by atoms with van der Waals surface area (Å²) in [4.78, 5) is 15.4. The van der Waals surface area contributed by atoms with E-state index in [0.717, 1.165) is 17.5 Å². The Labute approximate surface area is 191 Å². The summed E-state index contributed by atoms with van der Waals surface area (Å²) in [6, 6.07) is 20.5. The second kappa shape index (κ2) is 10.1. The van der Waals surface area contributed by atoms with Crippen LogP contribution in [0.15, 0.2) is 81.8 Å². The Balaban J connectivity index is 1.65. The molecule has 0 aliphatic carbocycles. The first-order valence-electron chi connectivity index (χ1n) is 10.3. The van der Waals surface area contributed by atoms with E-state index in [1.807, 2.05) is 55.5 Å². The number of carbonyl (C=O) groups is 1. The third-order valence-electron chi connectivity index (χ3n) is 4.80. The third kappa shape index (κ3) is 5.15. The molecule has 162 valence electrons. The highest BCUT2D eigenvalue weighted by atomic mass is 35.5. The Kier molecular flexibility index (Phi) is 6.82. The Morgan fingerprint density at radius 2 is 1.81 bits per heavy atom. The fourth-order valence-corrected chi connectivity index (χ4v) is 3.41. The maximum atomic E-state index is 13.7. The van der Waals surface area contributed by atoms with Crippen LogP contribution in [-0.2, 0) is 11.3 Å². The molecule has 0 unspecified atom stereocenters. The summed E-state index contributed by atoms with van der Waals surface area (Å²) in [6.45, 7) is 2.75. The van der Waals surface area contributed by atoms with Crippen LogP contribution < -0.4 is 0 Å². The minimum atomic E-state index is -0.129. The van der Waals surface area contributed by atoms with Gasteiger partial charge in [0.05, 0.1) is 12.8 Å². The second-order valence-electron chi connectivity index (χ2n) is 7.18. The van der Waals surface area contributed by atoms with Crippen molar-refractivity contribution in [3.63, 3.8) is 0 Å². The molecular weight excluding hydrogens is 426 g/mol. The lowest BCUT2D eigenvalue weighted by Gasteiger charge is -2.22. The van der Waals surface area contributed by atoms with Crippen LogP contribution >= 0.6 is 11.6 Å². The molecule has 0 fully saturated rings. The van der Waals surface area contributed by atoms with Crippen LogP contribution in [0.5, 0.6) is 0 Å². The van der Waals surface area contributed by atoms with E-state index in [-0.39, 0.29) is 18.3 Å². The number of hydrogen-bond donors (Lipinski definition) is 0. The lowest BCUT2D eigenvalue weighted by molar-refractivity contribution is -0.125. The molecule has 2 heterocycles. The van der Waals surface area contributed by atoms with Crippen LogP contribution in [0.1, 0.15) is 30.4 Å². The Morgan fingerprint density at radius 3 is 2.50 bits per heavy atom. The molecule has 7 heteroatoms. The van der Waals surface area contributed by atoms with Crippen molar-refractivity contribution in [2.45, 2.75) is 19.9 Å². The average Bonchev–Trinajstić information content (AvgIpc) is 3.50. The highest BCUT2D eigenvalue weighted by molar-refractivity contribution is 6.31. The number of rotatable bonds is 8. The Hall–Kier alpha value is -3.64. The van der Waals surface area contributed by atoms with Crippen molar-refractivity contribution in [1.82, 2.24) is 15.1 Å². The predicted molar refractivity (Wildman–Crippen MR) is 123 cm³/mol. The predicted octanol–water partition coefficient (Wildman–Crippen LogP) is 5.96. The van der Waals surface area contributed by atoms with Gasteiger partial charge in [-0.1, -0.05) is 61.0 Å². The normalized spacial score (nSPS) is 11.5. The van der Waals surface area contributed by atoms with Crippen molar-refractivity contribution in [1.29, 1.82) is 0 Å². The van der Waals surface area contributed by atoms with Gasteiger partial charge in [0, 0.05) is 17.1 Å². The van der Waals surface area contributed by atoms with Gasteiger partial charge in [0.1, 0.15) is 0 Å². The average molecular weight is 448 g/mol. The first kappa shape index (κ1) is 21.6. The van der Waals surface area contributed by atoms with Gasteiger partial charge < -0.3 is 13.7 Å². The zero-order valence-electron chi connectivity index (χ0n) is 17.6. The van der Waals surface area contributed by atoms with Gasteiger partial charge in [-0.2, -0.15) is 0 Å². The number of amides is 1. The smallest absolute Gasteiger partial charge is 0.283 e. The minimum absolute atomic E-state index is 0.129. The number of benzene rings is 2. The fourth-order valence-electron chi connectivity index (χ4n) is 3.29. The summed E-state index contributed by atoms with van der Waals surface area (Å²) >= 11 is 6.07. The molecule has 0 spiro atoms. The van der Waals surface area contributed by atoms with Crippen molar-refractivity contribution in [2.24, 2.45) is 0 Å². The Morgan fingerprint density at radius 1 is 1.03 bits per heavy atom. The molecule has 0 radical (unpaired) electrons. The number of aromatic nitrogens is 2. The van der Waals surface area contributed by atoms with Crippen molar-refractivity contribution in [3.8, 4) is 11.7 Å². The number of carbonyl (C=O) groups excluding carboxylic acids is 1. The minimum Gasteiger partial charge on any atom is -0.459 e. The summed E-state index contributed by atoms with van der Waals surface area (Å²) in [5.41, 5.74) is 2.28. The largest absolute Gasteiger partial charge is 0.459 e. The summed E-state index contributed by atoms with van der Waals surface area (Å²) in [5.74, 6) is 0.985. The molecule has 4 aromatic rings. The van der Waals surface area contributed by atoms with Crippen molar-refractivity contribution >= 4 is 29.2 Å². The SMILES string of the molecule is CCCN(Cc1nnc(-c2ccco2)o1)C(=O)C(=Cc1ccccc1)c1ccc(Cl)cc1. The van der Waals surface area contributed by atoms with Crippen LogP contribution in [0.25, 0.3) is 23.3 Å². The molecule has 0 aliphatic rings. The molecule has 32 heavy (non-hydrogen) atoms. The number of halogens is 1. The summed E-state index contributed by atoms with van der Waals surface area (Å²) < 4.78 is 11.0. The van der Waals surface area contributed by atoms with Gasteiger partial charge in [-0.25, -0.2) is 0 Å². The third-order valence-corrected chi connectivity index (χ3v) is 5.05. The lowest BCUT2D eigenvalue weighted by Crippen LogP contribution is -2.32. The molecule has 6 nitrogen and oxygen atoms in total. The zero-order chi connectivity index (χ0) is 22.3. The summed E-state index contributed by atoms with van der Waals surface area (Å²) in [6.07, 6.45) is 4.21. The van der Waals surface area contributed by atoms with Gasteiger partial charge >= 0.3 is 0 Å². The number of nitrogens with zero attached hydrogens (tertiary/aromatic N) is 3. The van der Waals surface area contributed by atoms with Crippen LogP contribution in [0, 0.1) is 0 Å². The molecule has 1 amide bonds. The second-order valence-corrected chi connectivity index (χ2v) is 7.62. The first-order valence-corrected chi connectivity index (χ1v) is 10.7. The molecule has 0 atom stereocenters. The molecule has 0 saturated carbocycles. The molecule has 2 aromatic carbocycles. The van der Waals surface area contributed by atoms with Crippen molar-refractivity contribution < 1.29 is 13.6 Å². The van der Waals surface area contributed by atoms with Crippen LogP contribution in [0.2, 0.25) is 5.02 Å². The monoisotopic (exact) mass is 447 g/mol. The fraction of sp³-hybridized carbons (Fsp3) is 0.160. The van der Waals surface area contributed by atoms with E-state index < -0.39 is 0 Å². The molecule has 2 aromatic heterocycles. The van der Waals surface area contributed by atoms with Crippen LogP contribution in [0.4, 0.5) is 0 Å². The molecule has 0 saturated heterocycles. The van der Waals surface area contributed by atoms with E-state index in [1.165, 1.54) is 0 Å². The quantitative estimate of drug-likeness (QED) is 0.246. The van der Waals surface area contributed by atoms with E-state index in [9.17, 15) is 4.79 Å². The van der Waals surface area contributed by atoms with E-state index >= 15 is 0 Å². The molecular formula is C25H22ClN3O3. The van der Waals surface area contributed by atoms with Gasteiger partial charge in [0.15, 0.2) is 5.76 Å². The maximum absolute atomic E-state index is 13.7. The molecule has 0 N–H and O–H groups in total. The number of hydrogen-bond acceptors (Lipinski definition) is 5. The van der Waals surface area contributed by atoms with Crippen LogP contribution in [-0.4, -0.2) is 27.5 Å². The lowest BCUT2D eigenvalue weighted by atomic mass is 10.0. The van der Waals surface area contributed by atoms with Gasteiger partial charge in [-0.15, -0.1) is 10.2 Å². The Bertz CT molecular complexity index is 1180. The van der Waals surface area contributed by atoms with E-state index in [0.29, 0.717) is 28.8 Å². The zero-order valence-corrected chi connectivity index (χ0v) is 18.3. The first-order chi connectivity index (χ1) is 15.6. The number of furan rings is 1. The van der Waals surface area contributed by atoms with Crippen LogP contribution in [0.3, 0.4) is 0 Å². The van der Waals surface area contributed by atoms with E-state index in [1.54, 1.807) is 35.4 Å². The topological polar surface area (TPSA) is 72.4 Å². The van der Waals surface area contributed by atoms with Crippen molar-refractivity contribution in [3.05, 3.63) is 95.0 Å². The molecule has 0 bridgehead atoms. The highest BCUT2D eigenvalue weighted by Gasteiger charge is 2.22. The standard InChI is InChI=1S/C25H22ClN3O3/c1-2-14-29(17-23-27-28-24(32-23)22-9-6-15-31-22)25(30)21(16-18-7-4-3-5-8-18)19-10-12-20(26)13-11-19/h3-13,15-16H,2,14,17H2,1H3. The summed E-state index contributed by atoms with van der Waals surface area (Å²) in [5, 5.41) is 8.74. The molecule has 4 rings (SSSR count). The maximum Gasteiger partial charge on any atom is 0.283 e. The van der Waals surface area contributed by atoms with Gasteiger partial charge in [0.25, 0.3) is 11.8 Å². The van der Waals surface area contributed by atoms with Gasteiger partial charge in [-0.05, 0) is 47.9 Å².